The fraction of sp³-hybridized carbons (Fsp3) is 0.375. The van der Waals surface area contributed by atoms with E-state index in [-0.39, 0.29) is 36.7 Å². The highest BCUT2D eigenvalue weighted by molar-refractivity contribution is 8.01. The Balaban J connectivity index is 1.34. The quantitative estimate of drug-likeness (QED) is 0.463. The molecule has 2 aromatic carbocycles. The lowest BCUT2D eigenvalue weighted by Crippen LogP contribution is -2.63. The molecule has 0 aromatic heterocycles. The number of amides is 1. The maximum Gasteiger partial charge on any atom is 0.330 e. The van der Waals surface area contributed by atoms with Crippen molar-refractivity contribution in [2.24, 2.45) is 5.92 Å². The zero-order chi connectivity index (χ0) is 22.0. The van der Waals surface area contributed by atoms with Crippen LogP contribution < -0.4 is 4.74 Å². The van der Waals surface area contributed by atoms with Gasteiger partial charge in [0.15, 0.2) is 5.78 Å². The topological polar surface area (TPSA) is 72.9 Å². The first-order chi connectivity index (χ1) is 14.9. The van der Waals surface area contributed by atoms with Crippen molar-refractivity contribution >= 4 is 29.4 Å². The van der Waals surface area contributed by atoms with Crippen molar-refractivity contribution in [2.75, 3.05) is 6.61 Å². The molecule has 1 amide bonds. The van der Waals surface area contributed by atoms with Crippen LogP contribution in [0.3, 0.4) is 0 Å². The number of para-hydroxylation sites is 1. The van der Waals surface area contributed by atoms with E-state index in [1.54, 1.807) is 28.8 Å². The van der Waals surface area contributed by atoms with Crippen molar-refractivity contribution in [3.63, 3.8) is 0 Å². The van der Waals surface area contributed by atoms with Crippen LogP contribution >= 0.6 is 11.8 Å². The second-order valence-corrected chi connectivity index (χ2v) is 10.1. The Hall–Kier alpha value is -2.80. The monoisotopic (exact) mass is 439 g/mol. The molecule has 162 valence electrons. The SMILES string of the molecule is CC1(C)S[C@@H]2C(CC(=O)COc3ccccc3)C(=O)N2[C@H]1C(=O)OCc1ccccc1. The van der Waals surface area contributed by atoms with Gasteiger partial charge in [-0.25, -0.2) is 4.79 Å². The van der Waals surface area contributed by atoms with Gasteiger partial charge in [-0.15, -0.1) is 11.8 Å². The number of ketones is 1. The maximum absolute atomic E-state index is 12.8. The van der Waals surface area contributed by atoms with E-state index in [0.29, 0.717) is 5.75 Å². The first-order valence-electron chi connectivity index (χ1n) is 10.3. The number of carbonyl (C=O) groups is 3. The predicted molar refractivity (Wildman–Crippen MR) is 117 cm³/mol. The number of β-lactam (4-membered cyclic amide) rings is 1. The Morgan fingerprint density at radius 1 is 1.03 bits per heavy atom. The summed E-state index contributed by atoms with van der Waals surface area (Å²) in [5, 5.41) is -0.197. The van der Waals surface area contributed by atoms with E-state index >= 15 is 0 Å². The zero-order valence-corrected chi connectivity index (χ0v) is 18.3. The summed E-state index contributed by atoms with van der Waals surface area (Å²) in [4.78, 5) is 39.7. The molecule has 2 saturated heterocycles. The molecule has 2 aliphatic rings. The van der Waals surface area contributed by atoms with Crippen molar-refractivity contribution < 1.29 is 23.9 Å². The van der Waals surface area contributed by atoms with Crippen molar-refractivity contribution in [1.29, 1.82) is 0 Å². The summed E-state index contributed by atoms with van der Waals surface area (Å²) in [6, 6.07) is 17.9. The van der Waals surface area contributed by atoms with Gasteiger partial charge in [0.25, 0.3) is 0 Å². The normalized spacial score (nSPS) is 23.6. The smallest absolute Gasteiger partial charge is 0.330 e. The van der Waals surface area contributed by atoms with E-state index in [1.165, 1.54) is 0 Å². The van der Waals surface area contributed by atoms with Crippen molar-refractivity contribution in [2.45, 2.75) is 43.0 Å². The molecule has 7 heteroatoms. The summed E-state index contributed by atoms with van der Waals surface area (Å²) in [7, 11) is 0. The van der Waals surface area contributed by atoms with E-state index in [0.717, 1.165) is 5.56 Å². The molecule has 3 atom stereocenters. The predicted octanol–water partition coefficient (Wildman–Crippen LogP) is 3.45. The van der Waals surface area contributed by atoms with Crippen LogP contribution in [0.4, 0.5) is 0 Å². The van der Waals surface area contributed by atoms with Gasteiger partial charge in [0, 0.05) is 11.2 Å². The largest absolute Gasteiger partial charge is 0.486 e. The standard InChI is InChI=1S/C24H25NO5S/c1-24(2)20(23(28)30-14-16-9-5-3-6-10-16)25-21(27)19(22(25)31-24)13-17(26)15-29-18-11-7-4-8-12-18/h3-12,19-20,22H,13-15H2,1-2H3/t19?,20-,22+/m0/s1. The number of benzene rings is 2. The van der Waals surface area contributed by atoms with Crippen LogP contribution in [0.25, 0.3) is 0 Å². The van der Waals surface area contributed by atoms with Crippen LogP contribution in [-0.2, 0) is 25.7 Å². The lowest BCUT2D eigenvalue weighted by atomic mass is 9.88. The average molecular weight is 440 g/mol. The van der Waals surface area contributed by atoms with E-state index in [2.05, 4.69) is 0 Å². The van der Waals surface area contributed by atoms with Gasteiger partial charge in [-0.1, -0.05) is 48.5 Å². The van der Waals surface area contributed by atoms with Crippen LogP contribution in [0.15, 0.2) is 60.7 Å². The molecule has 1 unspecified atom stereocenters. The molecule has 2 aromatic rings. The Labute approximate surface area is 185 Å². The molecular formula is C24H25NO5S. The first-order valence-corrected chi connectivity index (χ1v) is 11.1. The highest BCUT2D eigenvalue weighted by Gasteiger charge is 2.64. The molecule has 0 bridgehead atoms. The molecule has 4 rings (SSSR count). The van der Waals surface area contributed by atoms with Crippen LogP contribution in [0, 0.1) is 5.92 Å². The van der Waals surface area contributed by atoms with E-state index in [9.17, 15) is 14.4 Å². The molecule has 2 aliphatic heterocycles. The van der Waals surface area contributed by atoms with Crippen molar-refractivity contribution in [3.05, 3.63) is 66.2 Å². The number of nitrogens with zero attached hydrogens (tertiary/aromatic N) is 1. The van der Waals surface area contributed by atoms with Gasteiger partial charge < -0.3 is 14.4 Å². The second kappa shape index (κ2) is 8.75. The molecule has 6 nitrogen and oxygen atoms in total. The minimum atomic E-state index is -0.661. The Kier molecular flexibility index (Phi) is 6.05. The number of hydrogen-bond acceptors (Lipinski definition) is 6. The zero-order valence-electron chi connectivity index (χ0n) is 17.5. The van der Waals surface area contributed by atoms with Crippen molar-refractivity contribution in [1.82, 2.24) is 4.90 Å². The summed E-state index contributed by atoms with van der Waals surface area (Å²) in [5.41, 5.74) is 0.896. The molecule has 0 radical (unpaired) electrons. The number of ether oxygens (including phenoxy) is 2. The number of hydrogen-bond donors (Lipinski definition) is 0. The summed E-state index contributed by atoms with van der Waals surface area (Å²) in [6.07, 6.45) is 0.113. The molecule has 0 aliphatic carbocycles. The number of carbonyl (C=O) groups excluding carboxylic acids is 3. The van der Waals surface area contributed by atoms with E-state index in [4.69, 9.17) is 9.47 Å². The fourth-order valence-electron chi connectivity index (χ4n) is 4.05. The van der Waals surface area contributed by atoms with Gasteiger partial charge in [0.1, 0.15) is 25.0 Å². The summed E-state index contributed by atoms with van der Waals surface area (Å²) in [6.45, 7) is 3.98. The fourth-order valence-corrected chi connectivity index (χ4v) is 5.73. The third-order valence-electron chi connectivity index (χ3n) is 5.59. The van der Waals surface area contributed by atoms with Gasteiger partial charge in [0.05, 0.1) is 11.3 Å². The maximum atomic E-state index is 12.8. The number of fused-ring (bicyclic) bond motifs is 1. The van der Waals surface area contributed by atoms with Gasteiger partial charge in [-0.3, -0.25) is 9.59 Å². The minimum absolute atomic E-state index is 0.0723. The average Bonchev–Trinajstić information content (AvgIpc) is 3.03. The van der Waals surface area contributed by atoms with Crippen LogP contribution in [-0.4, -0.2) is 45.3 Å². The second-order valence-electron chi connectivity index (χ2n) is 8.30. The molecule has 2 fully saturated rings. The Morgan fingerprint density at radius 2 is 1.68 bits per heavy atom. The van der Waals surface area contributed by atoms with E-state index in [1.807, 2.05) is 62.4 Å². The van der Waals surface area contributed by atoms with Crippen molar-refractivity contribution in [3.8, 4) is 5.75 Å². The molecule has 2 heterocycles. The minimum Gasteiger partial charge on any atom is -0.486 e. The third kappa shape index (κ3) is 4.46. The van der Waals surface area contributed by atoms with Crippen LogP contribution in [0.5, 0.6) is 5.75 Å². The summed E-state index contributed by atoms with van der Waals surface area (Å²) in [5.74, 6) is -0.513. The van der Waals surface area contributed by atoms with Gasteiger partial charge >= 0.3 is 5.97 Å². The summed E-state index contributed by atoms with van der Waals surface area (Å²) >= 11 is 1.56. The highest BCUT2D eigenvalue weighted by Crippen LogP contribution is 2.54. The van der Waals surface area contributed by atoms with E-state index < -0.39 is 22.7 Å². The van der Waals surface area contributed by atoms with Gasteiger partial charge in [-0.05, 0) is 31.5 Å². The molecule has 0 saturated carbocycles. The lowest BCUT2D eigenvalue weighted by molar-refractivity contribution is -0.168. The molecule has 0 spiro atoms. The number of rotatable bonds is 8. The Bertz CT molecular complexity index is 962. The van der Waals surface area contributed by atoms with Crippen LogP contribution in [0.1, 0.15) is 25.8 Å². The third-order valence-corrected chi connectivity index (χ3v) is 7.22. The van der Waals surface area contributed by atoms with Gasteiger partial charge in [-0.2, -0.15) is 0 Å². The molecular weight excluding hydrogens is 414 g/mol. The highest BCUT2D eigenvalue weighted by atomic mass is 32.2. The Morgan fingerprint density at radius 3 is 2.35 bits per heavy atom. The molecule has 0 N–H and O–H groups in total. The summed E-state index contributed by atoms with van der Waals surface area (Å²) < 4.78 is 10.5. The van der Waals surface area contributed by atoms with Gasteiger partial charge in [0.2, 0.25) is 5.91 Å². The molecule has 31 heavy (non-hydrogen) atoms. The van der Waals surface area contributed by atoms with Crippen LogP contribution in [0.2, 0.25) is 0 Å². The first kappa shape index (κ1) is 21.4. The number of esters is 1. The lowest BCUT2D eigenvalue weighted by Gasteiger charge is -2.43. The number of thioether (sulfide) groups is 1. The number of Topliss-reactive ketones (excluding diaryl/α,β-unsaturated/α-hetero) is 1.